The van der Waals surface area contributed by atoms with E-state index < -0.39 is 40.2 Å². The Labute approximate surface area is 304 Å². The van der Waals surface area contributed by atoms with E-state index in [-0.39, 0.29) is 60.1 Å². The van der Waals surface area contributed by atoms with Crippen molar-refractivity contribution in [2.24, 2.45) is 0 Å². The highest BCUT2D eigenvalue weighted by atomic mass is 28.4. The van der Waals surface area contributed by atoms with Gasteiger partial charge in [-0.25, -0.2) is 0 Å². The smallest absolute Gasteiger partial charge is 0.305 e. The maximum atomic E-state index is 13.8. The zero-order valence-electron chi connectivity index (χ0n) is 33.0. The summed E-state index contributed by atoms with van der Waals surface area (Å²) in [7, 11) is -4.54. The zero-order valence-corrected chi connectivity index (χ0v) is 35.0. The summed E-state index contributed by atoms with van der Waals surface area (Å²) < 4.78 is 38.5. The Morgan fingerprint density at radius 2 is 1.52 bits per heavy atom. The number of carbonyl (C=O) groups is 4. The van der Waals surface area contributed by atoms with E-state index in [0.29, 0.717) is 44.9 Å². The third-order valence-corrected chi connectivity index (χ3v) is 21.6. The molecule has 2 fully saturated rings. The van der Waals surface area contributed by atoms with Crippen LogP contribution in [0, 0.1) is 0 Å². The second-order valence-electron chi connectivity index (χ2n) is 15.6. The molecule has 0 aromatic carbocycles. The summed E-state index contributed by atoms with van der Waals surface area (Å²) in [6.45, 7) is 23.3. The molecule has 0 aromatic heterocycles. The number of hydrogen-bond donors (Lipinski definition) is 0. The largest absolute Gasteiger partial charge is 0.518 e. The van der Waals surface area contributed by atoms with Crippen LogP contribution in [0.2, 0.25) is 34.8 Å². The number of aldehydes is 1. The first-order chi connectivity index (χ1) is 23.4. The SMILES string of the molecule is CC[Si](CC)(CC)O[C@@]1(C)C[C@H](/C=C\CCOC(=O)CCCC=O)O[C@]2(C[C@@H](OC(C)=O)C[C@H](CC(=O)O[Si](C(C)C)(C(C)C)C(C)C)O2)C1. The molecule has 288 valence electrons. The highest BCUT2D eigenvalue weighted by molar-refractivity contribution is 6.78. The zero-order chi connectivity index (χ0) is 37.8. The van der Waals surface area contributed by atoms with Gasteiger partial charge < -0.3 is 32.6 Å². The molecule has 2 rings (SSSR count). The summed E-state index contributed by atoms with van der Waals surface area (Å²) in [5, 5.41) is 0. The number of rotatable bonds is 20. The average molecular weight is 741 g/mol. The van der Waals surface area contributed by atoms with E-state index in [9.17, 15) is 19.2 Å². The Kier molecular flexibility index (Phi) is 17.6. The molecule has 0 N–H and O–H groups in total. The molecule has 2 saturated heterocycles. The second-order valence-corrected chi connectivity index (χ2v) is 25.7. The Balaban J connectivity index is 2.40. The van der Waals surface area contributed by atoms with Gasteiger partial charge in [-0.15, -0.1) is 0 Å². The van der Waals surface area contributed by atoms with Gasteiger partial charge in [-0.1, -0.05) is 74.5 Å². The minimum Gasteiger partial charge on any atom is -0.518 e. The lowest BCUT2D eigenvalue weighted by Crippen LogP contribution is -2.61. The van der Waals surface area contributed by atoms with Crippen molar-refractivity contribution in [3.05, 3.63) is 12.2 Å². The fraction of sp³-hybridized carbons (Fsp3) is 0.842. The minimum atomic E-state index is -2.47. The van der Waals surface area contributed by atoms with E-state index in [1.165, 1.54) is 6.92 Å². The molecule has 12 heteroatoms. The van der Waals surface area contributed by atoms with E-state index in [4.69, 9.17) is 27.8 Å². The van der Waals surface area contributed by atoms with Crippen LogP contribution in [0.4, 0.5) is 0 Å². The Morgan fingerprint density at radius 1 is 0.900 bits per heavy atom. The molecule has 10 nitrogen and oxygen atoms in total. The van der Waals surface area contributed by atoms with Crippen LogP contribution in [0.1, 0.15) is 134 Å². The van der Waals surface area contributed by atoms with Crippen molar-refractivity contribution < 1.29 is 47.0 Å². The normalized spacial score (nSPS) is 26.2. The monoisotopic (exact) mass is 740 g/mol. The molecule has 50 heavy (non-hydrogen) atoms. The molecule has 5 atom stereocenters. The molecular formula is C38H68O10Si2. The summed E-state index contributed by atoms with van der Waals surface area (Å²) in [4.78, 5) is 48.6. The van der Waals surface area contributed by atoms with Crippen LogP contribution in [0.5, 0.6) is 0 Å². The summed E-state index contributed by atoms with van der Waals surface area (Å²) in [6.07, 6.45) is 6.57. The van der Waals surface area contributed by atoms with E-state index in [2.05, 4.69) is 69.2 Å². The predicted molar refractivity (Wildman–Crippen MR) is 200 cm³/mol. The van der Waals surface area contributed by atoms with Gasteiger partial charge in [-0.05, 0) is 54.5 Å². The van der Waals surface area contributed by atoms with E-state index in [0.717, 1.165) is 24.4 Å². The Hall–Kier alpha value is -1.87. The maximum absolute atomic E-state index is 13.8. The Bertz CT molecular complexity index is 1110. The molecule has 0 unspecified atom stereocenters. The molecule has 1 spiro atoms. The van der Waals surface area contributed by atoms with Gasteiger partial charge in [0.15, 0.2) is 14.1 Å². The van der Waals surface area contributed by atoms with Crippen molar-refractivity contribution in [1.82, 2.24) is 0 Å². The number of esters is 2. The van der Waals surface area contributed by atoms with Crippen LogP contribution in [0.25, 0.3) is 0 Å². The van der Waals surface area contributed by atoms with Crippen LogP contribution >= 0.6 is 0 Å². The van der Waals surface area contributed by atoms with Crippen molar-refractivity contribution in [2.45, 2.75) is 198 Å². The van der Waals surface area contributed by atoms with Crippen LogP contribution in [-0.2, 0) is 47.0 Å². The topological polar surface area (TPSA) is 124 Å². The number of unbranched alkanes of at least 4 members (excludes halogenated alkanes) is 1. The van der Waals surface area contributed by atoms with Crippen LogP contribution in [0.15, 0.2) is 12.2 Å². The van der Waals surface area contributed by atoms with Crippen molar-refractivity contribution in [3.8, 4) is 0 Å². The van der Waals surface area contributed by atoms with Crippen LogP contribution in [-0.4, -0.2) is 77.1 Å². The summed E-state index contributed by atoms with van der Waals surface area (Å²) in [6, 6.07) is 2.96. The quantitative estimate of drug-likeness (QED) is 0.0394. The third-order valence-electron chi connectivity index (χ3n) is 10.8. The Morgan fingerprint density at radius 3 is 2.06 bits per heavy atom. The van der Waals surface area contributed by atoms with Gasteiger partial charge >= 0.3 is 11.9 Å². The molecular weight excluding hydrogens is 673 g/mol. The first kappa shape index (κ1) is 44.3. The van der Waals surface area contributed by atoms with Gasteiger partial charge in [-0.3, -0.25) is 14.4 Å². The van der Waals surface area contributed by atoms with Gasteiger partial charge in [0.2, 0.25) is 0 Å². The standard InChI is InChI=1S/C38H68O10Si2/c1-12-49(13-2,14-3)48-37(11)25-32(19-16-18-22-43-35(41)20-15-17-21-39)45-38(27-37)26-34(44-31(10)40)23-33(46-38)24-36(42)47-50(28(4)5,29(6)7)30(8)9/h16,19,21,28-30,32-34H,12-15,17-18,20,22-27H2,1-11H3/b19-16-/t32-,33+,34-,37-,38-/m0/s1. The molecule has 2 aliphatic heterocycles. The number of carbonyl (C=O) groups excluding carboxylic acids is 4. The second kappa shape index (κ2) is 19.8. The lowest BCUT2D eigenvalue weighted by atomic mass is 9.82. The van der Waals surface area contributed by atoms with Gasteiger partial charge in [0.1, 0.15) is 12.4 Å². The van der Waals surface area contributed by atoms with Gasteiger partial charge in [-0.2, -0.15) is 0 Å². The maximum Gasteiger partial charge on any atom is 0.305 e. The fourth-order valence-electron chi connectivity index (χ4n) is 8.53. The highest BCUT2D eigenvalue weighted by Crippen LogP contribution is 2.48. The number of hydrogen-bond acceptors (Lipinski definition) is 10. The van der Waals surface area contributed by atoms with Crippen molar-refractivity contribution in [2.75, 3.05) is 6.61 Å². The molecule has 0 amide bonds. The number of ether oxygens (including phenoxy) is 4. The van der Waals surface area contributed by atoms with Gasteiger partial charge in [0.05, 0.1) is 30.8 Å². The lowest BCUT2D eigenvalue weighted by molar-refractivity contribution is -0.341. The molecule has 2 aliphatic rings. The lowest BCUT2D eigenvalue weighted by Gasteiger charge is -2.54. The molecule has 0 bridgehead atoms. The predicted octanol–water partition coefficient (Wildman–Crippen LogP) is 8.72. The molecule has 2 heterocycles. The van der Waals surface area contributed by atoms with E-state index >= 15 is 0 Å². The highest BCUT2D eigenvalue weighted by Gasteiger charge is 2.55. The van der Waals surface area contributed by atoms with Crippen LogP contribution in [0.3, 0.4) is 0 Å². The molecule has 0 aliphatic carbocycles. The first-order valence-corrected chi connectivity index (χ1v) is 23.8. The first-order valence-electron chi connectivity index (χ1n) is 19.1. The van der Waals surface area contributed by atoms with E-state index in [1.807, 2.05) is 12.2 Å². The molecule has 0 saturated carbocycles. The van der Waals surface area contributed by atoms with Crippen molar-refractivity contribution in [1.29, 1.82) is 0 Å². The van der Waals surface area contributed by atoms with Gasteiger partial charge in [0.25, 0.3) is 14.3 Å². The average Bonchev–Trinajstić information content (AvgIpc) is 3.01. The summed E-state index contributed by atoms with van der Waals surface area (Å²) in [5.41, 5.74) is 0.149. The fourth-order valence-corrected chi connectivity index (χ4v) is 16.9. The third kappa shape index (κ3) is 12.4. The minimum absolute atomic E-state index is 0.0393. The summed E-state index contributed by atoms with van der Waals surface area (Å²) >= 11 is 0. The van der Waals surface area contributed by atoms with Crippen molar-refractivity contribution >= 4 is 40.8 Å². The van der Waals surface area contributed by atoms with Crippen LogP contribution < -0.4 is 0 Å². The summed E-state index contributed by atoms with van der Waals surface area (Å²) in [5.74, 6) is -2.15. The molecule has 0 radical (unpaired) electrons. The van der Waals surface area contributed by atoms with Gasteiger partial charge in [0, 0.05) is 45.4 Å². The van der Waals surface area contributed by atoms with E-state index in [1.54, 1.807) is 0 Å². The molecule has 0 aromatic rings. The van der Waals surface area contributed by atoms with Crippen molar-refractivity contribution in [3.63, 3.8) is 0 Å².